The number of nitriles is 1. The lowest BCUT2D eigenvalue weighted by Gasteiger charge is -2.25. The number of benzene rings is 1. The first-order valence-corrected chi connectivity index (χ1v) is 10.1. The fourth-order valence-corrected chi connectivity index (χ4v) is 4.63. The van der Waals surface area contributed by atoms with E-state index in [1.54, 1.807) is 29.2 Å². The number of fused-ring (bicyclic) bond motifs is 1. The van der Waals surface area contributed by atoms with E-state index in [9.17, 15) is 19.6 Å². The summed E-state index contributed by atoms with van der Waals surface area (Å²) in [7, 11) is 1.53. The third-order valence-corrected chi connectivity index (χ3v) is 6.17. The van der Waals surface area contributed by atoms with Gasteiger partial charge in [0.25, 0.3) is 0 Å². The molecule has 0 aliphatic carbocycles. The van der Waals surface area contributed by atoms with Crippen LogP contribution in [0.25, 0.3) is 5.69 Å². The van der Waals surface area contributed by atoms with E-state index < -0.39 is 11.5 Å². The van der Waals surface area contributed by atoms with Crippen molar-refractivity contribution >= 4 is 28.2 Å². The van der Waals surface area contributed by atoms with Gasteiger partial charge in [-0.15, -0.1) is 11.3 Å². The monoisotopic (exact) mass is 440 g/mol. The van der Waals surface area contributed by atoms with E-state index in [0.717, 1.165) is 10.4 Å². The number of H-pyrrole nitrogens is 1. The zero-order valence-electron chi connectivity index (χ0n) is 16.7. The highest BCUT2D eigenvalue weighted by Crippen LogP contribution is 2.36. The van der Waals surface area contributed by atoms with Gasteiger partial charge in [0, 0.05) is 30.5 Å². The lowest BCUT2D eigenvalue weighted by Crippen LogP contribution is -2.42. The summed E-state index contributed by atoms with van der Waals surface area (Å²) in [6.07, 6.45) is 0.530. The molecule has 3 heterocycles. The van der Waals surface area contributed by atoms with Crippen LogP contribution in [-0.4, -0.2) is 35.6 Å². The van der Waals surface area contributed by atoms with Crippen LogP contribution in [0.4, 0.5) is 5.00 Å². The molecule has 1 aliphatic rings. The Labute approximate surface area is 180 Å². The van der Waals surface area contributed by atoms with E-state index in [-0.39, 0.29) is 11.6 Å². The highest BCUT2D eigenvalue weighted by molar-refractivity contribution is 7.16. The van der Waals surface area contributed by atoms with Crippen molar-refractivity contribution in [2.75, 3.05) is 19.0 Å². The lowest BCUT2D eigenvalue weighted by molar-refractivity contribution is -0.672. The van der Waals surface area contributed by atoms with Gasteiger partial charge in [0.15, 0.2) is 0 Å². The van der Waals surface area contributed by atoms with Gasteiger partial charge in [-0.1, -0.05) is 0 Å². The molecule has 11 heteroatoms. The topological polar surface area (TPSA) is 132 Å². The van der Waals surface area contributed by atoms with Gasteiger partial charge in [-0.25, -0.2) is 4.79 Å². The van der Waals surface area contributed by atoms with Crippen molar-refractivity contribution in [1.29, 1.82) is 5.26 Å². The molecule has 10 nitrogen and oxygen atoms in total. The number of nitrogens with zero attached hydrogens (tertiary/aromatic N) is 3. The van der Waals surface area contributed by atoms with Gasteiger partial charge in [-0.05, 0) is 34.1 Å². The van der Waals surface area contributed by atoms with Gasteiger partial charge in [0.2, 0.25) is 11.6 Å². The summed E-state index contributed by atoms with van der Waals surface area (Å²) in [5.41, 5.74) is 0.540. The number of nitrogens with one attached hydrogen (secondary N) is 2. The SMILES string of the molecule is COc1ccc(-[n+]2[nH]oc(=O)c2C(=O)Nc2sc3c(c2C#N)CCN(C(C)=O)C3)cc1. The van der Waals surface area contributed by atoms with E-state index in [2.05, 4.69) is 16.7 Å². The summed E-state index contributed by atoms with van der Waals surface area (Å²) in [5, 5.41) is 15.1. The van der Waals surface area contributed by atoms with E-state index in [0.29, 0.717) is 41.5 Å². The Kier molecular flexibility index (Phi) is 5.31. The third-order valence-electron chi connectivity index (χ3n) is 5.03. The molecule has 0 saturated carbocycles. The van der Waals surface area contributed by atoms with E-state index in [1.165, 1.54) is 30.1 Å². The molecule has 0 atom stereocenters. The number of amides is 2. The van der Waals surface area contributed by atoms with Crippen LogP contribution < -0.4 is 20.4 Å². The number of aromatic nitrogens is 2. The Bertz CT molecular complexity index is 1260. The highest BCUT2D eigenvalue weighted by atomic mass is 32.1. The van der Waals surface area contributed by atoms with Gasteiger partial charge in [-0.2, -0.15) is 5.26 Å². The first-order valence-electron chi connectivity index (χ1n) is 9.32. The van der Waals surface area contributed by atoms with Crippen molar-refractivity contribution in [1.82, 2.24) is 10.2 Å². The van der Waals surface area contributed by atoms with Crippen LogP contribution in [-0.2, 0) is 17.8 Å². The number of methoxy groups -OCH3 is 1. The van der Waals surface area contributed by atoms with Gasteiger partial charge >= 0.3 is 17.2 Å². The minimum absolute atomic E-state index is 0.0476. The Morgan fingerprint density at radius 2 is 2.10 bits per heavy atom. The molecule has 158 valence electrons. The van der Waals surface area contributed by atoms with Crippen LogP contribution >= 0.6 is 11.3 Å². The normalized spacial score (nSPS) is 12.7. The molecule has 4 rings (SSSR count). The molecule has 0 unspecified atom stereocenters. The molecule has 2 aromatic heterocycles. The predicted molar refractivity (Wildman–Crippen MR) is 109 cm³/mol. The number of anilines is 1. The van der Waals surface area contributed by atoms with Crippen LogP contribution in [0.3, 0.4) is 0 Å². The first kappa shape index (κ1) is 20.4. The molecule has 2 N–H and O–H groups in total. The summed E-state index contributed by atoms with van der Waals surface area (Å²) < 4.78 is 11.2. The average molecular weight is 440 g/mol. The summed E-state index contributed by atoms with van der Waals surface area (Å²) >= 11 is 1.23. The Morgan fingerprint density at radius 3 is 2.74 bits per heavy atom. The summed E-state index contributed by atoms with van der Waals surface area (Å²) in [5.74, 6) is -0.151. The number of hydrogen-bond acceptors (Lipinski definition) is 7. The molecule has 0 fully saturated rings. The smallest absolute Gasteiger partial charge is 0.441 e. The number of carbonyl (C=O) groups is 2. The molecule has 0 radical (unpaired) electrons. The van der Waals surface area contributed by atoms with Gasteiger partial charge < -0.3 is 15.0 Å². The molecule has 0 bridgehead atoms. The van der Waals surface area contributed by atoms with Crippen LogP contribution in [0.2, 0.25) is 0 Å². The van der Waals surface area contributed by atoms with Crippen LogP contribution in [0.15, 0.2) is 33.6 Å². The van der Waals surface area contributed by atoms with E-state index in [1.807, 2.05) is 0 Å². The lowest BCUT2D eigenvalue weighted by atomic mass is 10.0. The Hall–Kier alpha value is -3.91. The highest BCUT2D eigenvalue weighted by Gasteiger charge is 2.33. The molecule has 2 amide bonds. The Morgan fingerprint density at radius 1 is 1.35 bits per heavy atom. The minimum Gasteiger partial charge on any atom is -0.497 e. The zero-order chi connectivity index (χ0) is 22.1. The van der Waals surface area contributed by atoms with Crippen LogP contribution in [0.5, 0.6) is 5.75 Å². The number of rotatable bonds is 4. The zero-order valence-corrected chi connectivity index (χ0v) is 17.5. The van der Waals surface area contributed by atoms with E-state index in [4.69, 9.17) is 9.26 Å². The van der Waals surface area contributed by atoms with Crippen molar-refractivity contribution in [3.8, 4) is 17.5 Å². The molecule has 31 heavy (non-hydrogen) atoms. The number of thiophene rings is 1. The fourth-order valence-electron chi connectivity index (χ4n) is 3.42. The third kappa shape index (κ3) is 3.69. The molecular weight excluding hydrogens is 422 g/mol. The standard InChI is InChI=1S/C20H17N5O5S/c1-11(26)24-8-7-14-15(9-21)19(31-16(14)10-24)22-18(27)17-20(28)30-23-25(17)12-3-5-13(29-2)6-4-12/h3-6H,7-8,10H2,1-2H3,(H-,22,23,27,28)/p+1. The number of ether oxygens (including phenoxy) is 1. The average Bonchev–Trinajstić information content (AvgIpc) is 3.32. The second kappa shape index (κ2) is 8.08. The molecule has 0 saturated heterocycles. The quantitative estimate of drug-likeness (QED) is 0.589. The van der Waals surface area contributed by atoms with Gasteiger partial charge in [0.1, 0.15) is 16.8 Å². The summed E-state index contributed by atoms with van der Waals surface area (Å²) in [4.78, 5) is 39.4. The van der Waals surface area contributed by atoms with Crippen molar-refractivity contribution in [3.63, 3.8) is 0 Å². The van der Waals surface area contributed by atoms with Crippen molar-refractivity contribution in [3.05, 3.63) is 56.4 Å². The predicted octanol–water partition coefficient (Wildman–Crippen LogP) is 1.34. The first-order chi connectivity index (χ1) is 14.9. The van der Waals surface area contributed by atoms with Crippen LogP contribution in [0, 0.1) is 11.3 Å². The molecular formula is C20H18N5O5S+. The number of hydrogen-bond donors (Lipinski definition) is 2. The number of carbonyl (C=O) groups excluding carboxylic acids is 2. The largest absolute Gasteiger partial charge is 0.497 e. The Balaban J connectivity index is 1.66. The minimum atomic E-state index is -0.851. The summed E-state index contributed by atoms with van der Waals surface area (Å²) in [6, 6.07) is 8.80. The van der Waals surface area contributed by atoms with Crippen LogP contribution in [0.1, 0.15) is 33.4 Å². The second-order valence-electron chi connectivity index (χ2n) is 6.83. The molecule has 0 spiro atoms. The van der Waals surface area contributed by atoms with E-state index >= 15 is 0 Å². The number of aromatic amines is 1. The maximum atomic E-state index is 13.0. The maximum absolute atomic E-state index is 13.0. The molecule has 1 aliphatic heterocycles. The van der Waals surface area contributed by atoms with Gasteiger partial charge in [0.05, 0.1) is 19.2 Å². The van der Waals surface area contributed by atoms with Crippen molar-refractivity contribution < 1.29 is 23.5 Å². The molecule has 1 aromatic carbocycles. The molecule has 3 aromatic rings. The summed E-state index contributed by atoms with van der Waals surface area (Å²) in [6.45, 7) is 2.40. The van der Waals surface area contributed by atoms with Crippen molar-refractivity contribution in [2.45, 2.75) is 19.9 Å². The van der Waals surface area contributed by atoms with Gasteiger partial charge in [-0.3, -0.25) is 14.1 Å². The fraction of sp³-hybridized carbons (Fsp3) is 0.250. The second-order valence-corrected chi connectivity index (χ2v) is 7.93. The maximum Gasteiger partial charge on any atom is 0.441 e. The van der Waals surface area contributed by atoms with Crippen molar-refractivity contribution in [2.24, 2.45) is 0 Å².